The molecule has 6 nitrogen and oxygen atoms in total. The fourth-order valence-corrected chi connectivity index (χ4v) is 4.19. The molecule has 0 N–H and O–H groups in total. The van der Waals surface area contributed by atoms with Crippen LogP contribution in [0.5, 0.6) is 0 Å². The van der Waals surface area contributed by atoms with Crippen LogP contribution in [-0.2, 0) is 6.54 Å². The van der Waals surface area contributed by atoms with E-state index in [1.807, 2.05) is 72.8 Å². The van der Waals surface area contributed by atoms with Gasteiger partial charge in [-0.2, -0.15) is 0 Å². The first-order chi connectivity index (χ1) is 15.7. The fourth-order valence-electron chi connectivity index (χ4n) is 3.83. The van der Waals surface area contributed by atoms with Crippen molar-refractivity contribution in [3.8, 4) is 0 Å². The van der Waals surface area contributed by atoms with Gasteiger partial charge in [-0.3, -0.25) is 0 Å². The van der Waals surface area contributed by atoms with Crippen molar-refractivity contribution in [3.05, 3.63) is 94.6 Å². The molecule has 0 aliphatic rings. The number of nitrogens with zero attached hydrogens (tertiary/aromatic N) is 5. The van der Waals surface area contributed by atoms with Crippen molar-refractivity contribution in [1.29, 1.82) is 0 Å². The van der Waals surface area contributed by atoms with Gasteiger partial charge in [0, 0.05) is 15.9 Å². The highest BCUT2D eigenvalue weighted by atomic mass is 79.9. The van der Waals surface area contributed by atoms with E-state index in [0.717, 1.165) is 43.1 Å². The van der Waals surface area contributed by atoms with Gasteiger partial charge in [-0.25, -0.2) is 9.97 Å². The van der Waals surface area contributed by atoms with Crippen LogP contribution < -0.4 is 0 Å². The second-order valence-electron chi connectivity index (χ2n) is 7.41. The molecule has 3 aromatic carbocycles. The smallest absolute Gasteiger partial charge is 0.240 e. The lowest BCUT2D eigenvalue weighted by molar-refractivity contribution is 0.475. The van der Waals surface area contributed by atoms with Gasteiger partial charge in [0.15, 0.2) is 5.65 Å². The Bertz CT molecular complexity index is 1620. The Labute approximate surface area is 191 Å². The number of halogens is 1. The van der Waals surface area contributed by atoms with Gasteiger partial charge in [-0.05, 0) is 42.0 Å². The van der Waals surface area contributed by atoms with Gasteiger partial charge < -0.3 is 8.98 Å². The molecule has 6 aromatic rings. The zero-order chi connectivity index (χ0) is 21.5. The maximum Gasteiger partial charge on any atom is 0.240 e. The highest BCUT2D eigenvalue weighted by Gasteiger charge is 2.17. The summed E-state index contributed by atoms with van der Waals surface area (Å²) in [5.74, 6) is 0.971. The Morgan fingerprint density at radius 3 is 2.47 bits per heavy atom. The van der Waals surface area contributed by atoms with Crippen LogP contribution in [0, 0.1) is 0 Å². The van der Waals surface area contributed by atoms with E-state index >= 15 is 0 Å². The zero-order valence-corrected chi connectivity index (χ0v) is 18.4. The summed E-state index contributed by atoms with van der Waals surface area (Å²) in [4.78, 5) is 9.80. The van der Waals surface area contributed by atoms with Gasteiger partial charge >= 0.3 is 0 Å². The highest BCUT2D eigenvalue weighted by molar-refractivity contribution is 9.10. The van der Waals surface area contributed by atoms with Crippen molar-refractivity contribution < 1.29 is 4.42 Å². The van der Waals surface area contributed by atoms with Crippen LogP contribution in [0.1, 0.15) is 17.3 Å². The SMILES string of the molecule is Brc1ccc2c(c1)c1nc3ccccc3nc1n2Cc1nnc(C=Cc2ccccc2)o1. The maximum absolute atomic E-state index is 5.90. The number of benzene rings is 3. The summed E-state index contributed by atoms with van der Waals surface area (Å²) in [6, 6.07) is 24.0. The number of rotatable bonds is 4. The predicted octanol–water partition coefficient (Wildman–Crippen LogP) is 6.10. The molecule has 0 bridgehead atoms. The number of para-hydroxylation sites is 2. The normalized spacial score (nSPS) is 11.9. The summed E-state index contributed by atoms with van der Waals surface area (Å²) in [6.45, 7) is 0.404. The van der Waals surface area contributed by atoms with Crippen LogP contribution in [0.3, 0.4) is 0 Å². The van der Waals surface area contributed by atoms with Crippen LogP contribution >= 0.6 is 15.9 Å². The summed E-state index contributed by atoms with van der Waals surface area (Å²) in [5, 5.41) is 9.45. The Morgan fingerprint density at radius 2 is 1.62 bits per heavy atom. The molecule has 0 fully saturated rings. The minimum atomic E-state index is 0.404. The monoisotopic (exact) mass is 481 g/mol. The first kappa shape index (κ1) is 18.9. The minimum Gasteiger partial charge on any atom is -0.419 e. The van der Waals surface area contributed by atoms with E-state index in [1.165, 1.54) is 0 Å². The molecular formula is C25H16BrN5O. The van der Waals surface area contributed by atoms with Crippen molar-refractivity contribution >= 4 is 61.2 Å². The van der Waals surface area contributed by atoms with Gasteiger partial charge in [0.1, 0.15) is 12.1 Å². The van der Waals surface area contributed by atoms with Crippen LogP contribution in [0.2, 0.25) is 0 Å². The van der Waals surface area contributed by atoms with Crippen molar-refractivity contribution in [1.82, 2.24) is 24.7 Å². The van der Waals surface area contributed by atoms with Crippen molar-refractivity contribution in [2.75, 3.05) is 0 Å². The Kier molecular flexibility index (Phi) is 4.54. The third kappa shape index (κ3) is 3.36. The molecule has 3 aromatic heterocycles. The lowest BCUT2D eigenvalue weighted by Gasteiger charge is -2.04. The number of aromatic nitrogens is 5. The molecule has 0 saturated carbocycles. The molecule has 0 unspecified atom stereocenters. The molecule has 0 radical (unpaired) electrons. The number of fused-ring (bicyclic) bond motifs is 4. The molecule has 0 aliphatic heterocycles. The topological polar surface area (TPSA) is 69.6 Å². The predicted molar refractivity (Wildman–Crippen MR) is 129 cm³/mol. The van der Waals surface area contributed by atoms with E-state index in [0.29, 0.717) is 18.3 Å². The molecule has 0 atom stereocenters. The molecule has 7 heteroatoms. The average Bonchev–Trinajstić information content (AvgIpc) is 3.39. The highest BCUT2D eigenvalue weighted by Crippen LogP contribution is 2.31. The Hall–Kier alpha value is -3.84. The molecule has 32 heavy (non-hydrogen) atoms. The van der Waals surface area contributed by atoms with E-state index in [1.54, 1.807) is 0 Å². The second-order valence-corrected chi connectivity index (χ2v) is 8.33. The van der Waals surface area contributed by atoms with Gasteiger partial charge in [0.25, 0.3) is 0 Å². The van der Waals surface area contributed by atoms with Gasteiger partial charge in [0.05, 0.1) is 16.6 Å². The molecule has 6 rings (SSSR count). The molecule has 154 valence electrons. The van der Waals surface area contributed by atoms with Crippen LogP contribution in [-0.4, -0.2) is 24.7 Å². The summed E-state index contributed by atoms with van der Waals surface area (Å²) < 4.78 is 8.97. The van der Waals surface area contributed by atoms with E-state index in [2.05, 4.69) is 42.8 Å². The van der Waals surface area contributed by atoms with Crippen molar-refractivity contribution in [2.45, 2.75) is 6.54 Å². The van der Waals surface area contributed by atoms with Gasteiger partial charge in [0.2, 0.25) is 11.8 Å². The van der Waals surface area contributed by atoms with Crippen LogP contribution in [0.4, 0.5) is 0 Å². The quantitative estimate of drug-likeness (QED) is 0.304. The first-order valence-corrected chi connectivity index (χ1v) is 10.9. The summed E-state index contributed by atoms with van der Waals surface area (Å²) in [7, 11) is 0. The molecule has 0 amide bonds. The molecule has 0 aliphatic carbocycles. The lowest BCUT2D eigenvalue weighted by Crippen LogP contribution is -2.01. The lowest BCUT2D eigenvalue weighted by atomic mass is 10.2. The van der Waals surface area contributed by atoms with Crippen molar-refractivity contribution in [3.63, 3.8) is 0 Å². The van der Waals surface area contributed by atoms with E-state index in [-0.39, 0.29) is 0 Å². The van der Waals surface area contributed by atoms with Crippen LogP contribution in [0.25, 0.3) is 45.3 Å². The van der Waals surface area contributed by atoms with E-state index < -0.39 is 0 Å². The third-order valence-electron chi connectivity index (χ3n) is 5.31. The third-order valence-corrected chi connectivity index (χ3v) is 5.80. The number of hydrogen-bond acceptors (Lipinski definition) is 5. The number of hydrogen-bond donors (Lipinski definition) is 0. The summed E-state index contributed by atoms with van der Waals surface area (Å²) in [5.41, 5.74) is 5.44. The zero-order valence-electron chi connectivity index (χ0n) is 16.8. The standard InChI is InChI=1S/C25H16BrN5O/c26-17-11-12-21-18(14-17)24-25(28-20-9-5-4-8-19(20)27-24)31(21)15-23-30-29-22(32-23)13-10-16-6-2-1-3-7-16/h1-14H,15H2. The minimum absolute atomic E-state index is 0.404. The maximum atomic E-state index is 5.90. The molecule has 3 heterocycles. The molecular weight excluding hydrogens is 466 g/mol. The van der Waals surface area contributed by atoms with E-state index in [4.69, 9.17) is 14.4 Å². The molecule has 0 spiro atoms. The largest absolute Gasteiger partial charge is 0.419 e. The Balaban J connectivity index is 1.44. The van der Waals surface area contributed by atoms with Crippen LogP contribution in [0.15, 0.2) is 81.7 Å². The van der Waals surface area contributed by atoms with Crippen molar-refractivity contribution in [2.24, 2.45) is 0 Å². The average molecular weight is 482 g/mol. The second kappa shape index (κ2) is 7.69. The van der Waals surface area contributed by atoms with Gasteiger partial charge in [-0.1, -0.05) is 58.4 Å². The Morgan fingerprint density at radius 1 is 0.844 bits per heavy atom. The molecule has 0 saturated heterocycles. The van der Waals surface area contributed by atoms with E-state index in [9.17, 15) is 0 Å². The summed E-state index contributed by atoms with van der Waals surface area (Å²) >= 11 is 3.58. The fraction of sp³-hybridized carbons (Fsp3) is 0.0400. The summed E-state index contributed by atoms with van der Waals surface area (Å²) in [6.07, 6.45) is 3.77. The van der Waals surface area contributed by atoms with Gasteiger partial charge in [-0.15, -0.1) is 10.2 Å². The first-order valence-electron chi connectivity index (χ1n) is 10.1.